The Balaban J connectivity index is 1.94. The molecular weight excluding hydrogens is 294 g/mol. The smallest absolute Gasteiger partial charge is 0.168 e. The highest BCUT2D eigenvalue weighted by Gasteiger charge is 2.17. The number of benzene rings is 2. The Kier molecular flexibility index (Phi) is 3.51. The molecule has 0 atom stereocenters. The number of hydrogen-bond acceptors (Lipinski definition) is 2. The first-order valence-corrected chi connectivity index (χ1v) is 8.06. The van der Waals surface area contributed by atoms with Crippen LogP contribution in [0.5, 0.6) is 0 Å². The molecule has 0 saturated heterocycles. The van der Waals surface area contributed by atoms with Crippen LogP contribution < -0.4 is 0 Å². The minimum Gasteiger partial charge on any atom is -0.278 e. The van der Waals surface area contributed by atoms with Crippen molar-refractivity contribution in [3.8, 4) is 17.1 Å². The molecule has 1 heterocycles. The molecule has 0 spiro atoms. The van der Waals surface area contributed by atoms with E-state index in [0.29, 0.717) is 0 Å². The van der Waals surface area contributed by atoms with E-state index in [1.54, 1.807) is 0 Å². The molecule has 0 amide bonds. The van der Waals surface area contributed by atoms with Crippen LogP contribution in [0.3, 0.4) is 0 Å². The molecule has 24 heavy (non-hydrogen) atoms. The summed E-state index contributed by atoms with van der Waals surface area (Å²) in [6.07, 6.45) is 0. The number of nitrogens with zero attached hydrogens (tertiary/aromatic N) is 3. The summed E-state index contributed by atoms with van der Waals surface area (Å²) in [7, 11) is 0. The van der Waals surface area contributed by atoms with Crippen LogP contribution in [-0.4, -0.2) is 14.8 Å². The lowest BCUT2D eigenvalue weighted by molar-refractivity contribution is 0.746. The lowest BCUT2D eigenvalue weighted by Gasteiger charge is -2.12. The van der Waals surface area contributed by atoms with Crippen molar-refractivity contribution in [1.29, 1.82) is 0 Å². The van der Waals surface area contributed by atoms with Gasteiger partial charge in [-0.1, -0.05) is 62.4 Å². The van der Waals surface area contributed by atoms with E-state index in [1.165, 1.54) is 10.8 Å². The van der Waals surface area contributed by atoms with Crippen molar-refractivity contribution in [2.75, 3.05) is 0 Å². The molecule has 0 bridgehead atoms. The van der Waals surface area contributed by atoms with Gasteiger partial charge in [-0.25, -0.2) is 0 Å². The Labute approximate surface area is 141 Å². The molecule has 0 aliphatic rings. The molecule has 0 saturated carbocycles. The van der Waals surface area contributed by atoms with Gasteiger partial charge in [-0.05, 0) is 29.0 Å². The van der Waals surface area contributed by atoms with Crippen molar-refractivity contribution in [1.82, 2.24) is 14.8 Å². The number of aromatic nitrogens is 3. The van der Waals surface area contributed by atoms with E-state index in [-0.39, 0.29) is 5.92 Å². The van der Waals surface area contributed by atoms with Crippen molar-refractivity contribution in [3.05, 3.63) is 78.6 Å². The highest BCUT2D eigenvalue weighted by atomic mass is 15.3. The molecule has 4 aromatic rings. The molecule has 116 valence electrons. The highest BCUT2D eigenvalue weighted by Crippen LogP contribution is 2.28. The van der Waals surface area contributed by atoms with Gasteiger partial charge in [0.1, 0.15) is 5.82 Å². The van der Waals surface area contributed by atoms with Crippen LogP contribution in [0.1, 0.15) is 25.6 Å². The topological polar surface area (TPSA) is 30.7 Å². The fourth-order valence-corrected chi connectivity index (χ4v) is 2.92. The zero-order chi connectivity index (χ0) is 16.5. The fraction of sp³-hybridized carbons (Fsp3) is 0.143. The van der Waals surface area contributed by atoms with Gasteiger partial charge in [0.2, 0.25) is 0 Å². The zero-order valence-electron chi connectivity index (χ0n) is 13.7. The predicted molar refractivity (Wildman–Crippen MR) is 96.1 cm³/mol. The second kappa shape index (κ2) is 5.82. The van der Waals surface area contributed by atoms with Gasteiger partial charge in [0.25, 0.3) is 0 Å². The SMILES string of the molecule is CC(C)c1nnc(-c2ccc3ccccc3c2)n1-c1cc#ccc1. The maximum Gasteiger partial charge on any atom is 0.168 e. The minimum atomic E-state index is 0.274. The average molecular weight is 311 g/mol. The molecule has 0 unspecified atom stereocenters. The Hall–Kier alpha value is -3.12. The Morgan fingerprint density at radius 1 is 0.917 bits per heavy atom. The third-order valence-corrected chi connectivity index (χ3v) is 4.11. The second-order valence-electron chi connectivity index (χ2n) is 6.13. The lowest BCUT2D eigenvalue weighted by Crippen LogP contribution is -2.04. The van der Waals surface area contributed by atoms with Crippen LogP contribution in [0.15, 0.2) is 60.7 Å². The van der Waals surface area contributed by atoms with Crippen molar-refractivity contribution >= 4 is 10.8 Å². The van der Waals surface area contributed by atoms with E-state index in [0.717, 1.165) is 22.9 Å². The molecular formula is C21H17N3. The average Bonchev–Trinajstić information content (AvgIpc) is 3.07. The van der Waals surface area contributed by atoms with E-state index < -0.39 is 0 Å². The first-order chi connectivity index (χ1) is 11.7. The van der Waals surface area contributed by atoms with Crippen LogP contribution in [0, 0.1) is 12.1 Å². The van der Waals surface area contributed by atoms with Gasteiger partial charge in [-0.2, -0.15) is 0 Å². The monoisotopic (exact) mass is 311 g/mol. The first-order valence-electron chi connectivity index (χ1n) is 8.06. The van der Waals surface area contributed by atoms with Crippen molar-refractivity contribution in [2.45, 2.75) is 19.8 Å². The molecule has 0 fully saturated rings. The van der Waals surface area contributed by atoms with Gasteiger partial charge in [0.05, 0.1) is 5.69 Å². The Morgan fingerprint density at radius 2 is 1.75 bits per heavy atom. The van der Waals surface area contributed by atoms with E-state index in [9.17, 15) is 0 Å². The molecule has 1 aromatic heterocycles. The number of hydrogen-bond donors (Lipinski definition) is 0. The molecule has 3 heteroatoms. The van der Waals surface area contributed by atoms with Gasteiger partial charge < -0.3 is 0 Å². The number of rotatable bonds is 3. The molecule has 3 nitrogen and oxygen atoms in total. The van der Waals surface area contributed by atoms with Crippen LogP contribution in [-0.2, 0) is 0 Å². The molecule has 0 aliphatic heterocycles. The third-order valence-electron chi connectivity index (χ3n) is 4.11. The summed E-state index contributed by atoms with van der Waals surface area (Å²) >= 11 is 0. The van der Waals surface area contributed by atoms with Crippen LogP contribution in [0.4, 0.5) is 0 Å². The maximum atomic E-state index is 4.48. The predicted octanol–water partition coefficient (Wildman–Crippen LogP) is 4.81. The van der Waals surface area contributed by atoms with Gasteiger partial charge in [-0.3, -0.25) is 4.57 Å². The molecule has 0 aliphatic carbocycles. The van der Waals surface area contributed by atoms with Crippen LogP contribution in [0.25, 0.3) is 27.8 Å². The summed E-state index contributed by atoms with van der Waals surface area (Å²) in [6.45, 7) is 4.26. The van der Waals surface area contributed by atoms with Crippen molar-refractivity contribution < 1.29 is 0 Å². The van der Waals surface area contributed by atoms with Crippen LogP contribution >= 0.6 is 0 Å². The maximum absolute atomic E-state index is 4.48. The number of fused-ring (bicyclic) bond motifs is 1. The van der Waals surface area contributed by atoms with E-state index >= 15 is 0 Å². The third kappa shape index (κ3) is 2.43. The van der Waals surface area contributed by atoms with Gasteiger partial charge in [0.15, 0.2) is 5.82 Å². The van der Waals surface area contributed by atoms with E-state index in [1.807, 2.05) is 18.2 Å². The largest absolute Gasteiger partial charge is 0.278 e. The highest BCUT2D eigenvalue weighted by molar-refractivity contribution is 5.86. The quantitative estimate of drug-likeness (QED) is 0.543. The van der Waals surface area contributed by atoms with E-state index in [4.69, 9.17) is 0 Å². The fourth-order valence-electron chi connectivity index (χ4n) is 2.92. The normalized spacial score (nSPS) is 11.0. The first kappa shape index (κ1) is 14.5. The summed E-state index contributed by atoms with van der Waals surface area (Å²) in [6, 6.07) is 26.5. The van der Waals surface area contributed by atoms with Gasteiger partial charge in [0, 0.05) is 17.5 Å². The molecule has 0 radical (unpaired) electrons. The summed E-state index contributed by atoms with van der Waals surface area (Å²) in [5, 5.41) is 11.3. The van der Waals surface area contributed by atoms with Crippen LogP contribution in [0.2, 0.25) is 0 Å². The summed E-state index contributed by atoms with van der Waals surface area (Å²) in [5.41, 5.74) is 2.06. The van der Waals surface area contributed by atoms with Crippen molar-refractivity contribution in [3.63, 3.8) is 0 Å². The minimum absolute atomic E-state index is 0.274. The second-order valence-corrected chi connectivity index (χ2v) is 6.13. The Bertz CT molecular complexity index is 984. The standard InChI is InChI=1S/C21H17N3/c1-15(2)20-22-23-21(24(20)19-10-4-3-5-11-19)18-13-12-16-8-6-7-9-17(16)14-18/h4,6-15H,1-2H3. The zero-order valence-corrected chi connectivity index (χ0v) is 13.7. The van der Waals surface area contributed by atoms with E-state index in [2.05, 4.69) is 83.2 Å². The molecule has 4 rings (SSSR count). The van der Waals surface area contributed by atoms with Gasteiger partial charge >= 0.3 is 0 Å². The molecule has 0 N–H and O–H groups in total. The van der Waals surface area contributed by atoms with Crippen molar-refractivity contribution in [2.24, 2.45) is 0 Å². The summed E-state index contributed by atoms with van der Waals surface area (Å²) in [5.74, 6) is 2.07. The Morgan fingerprint density at radius 3 is 2.50 bits per heavy atom. The lowest BCUT2D eigenvalue weighted by atomic mass is 10.1. The van der Waals surface area contributed by atoms with Gasteiger partial charge in [-0.15, -0.1) is 10.2 Å². The summed E-state index contributed by atoms with van der Waals surface area (Å²) in [4.78, 5) is 0. The summed E-state index contributed by atoms with van der Waals surface area (Å²) < 4.78 is 2.11. The molecule has 3 aromatic carbocycles.